The van der Waals surface area contributed by atoms with Crippen molar-refractivity contribution >= 4 is 16.7 Å². The molecule has 0 unspecified atom stereocenters. The molecule has 144 valence electrons. The van der Waals surface area contributed by atoms with E-state index in [0.29, 0.717) is 28.0 Å². The second-order valence-corrected chi connectivity index (χ2v) is 7.34. The van der Waals surface area contributed by atoms with Crippen molar-refractivity contribution in [1.29, 1.82) is 0 Å². The fourth-order valence-electron chi connectivity index (χ4n) is 3.41. The lowest BCUT2D eigenvalue weighted by atomic mass is 9.93. The Bertz CT molecular complexity index is 1130. The molecule has 2 heterocycles. The smallest absolute Gasteiger partial charge is 0.274 e. The average Bonchev–Trinajstić information content (AvgIpc) is 3.13. The number of rotatable bonds is 4. The molecule has 1 amide bonds. The van der Waals surface area contributed by atoms with Crippen LogP contribution >= 0.6 is 0 Å². The van der Waals surface area contributed by atoms with E-state index >= 15 is 0 Å². The number of nitrogens with one attached hydrogen (secondary N) is 1. The molecular weight excluding hydrogens is 358 g/mol. The van der Waals surface area contributed by atoms with Crippen molar-refractivity contribution < 1.29 is 14.3 Å². The number of hydrogen-bond donors (Lipinski definition) is 1. The van der Waals surface area contributed by atoms with Crippen LogP contribution in [0.3, 0.4) is 0 Å². The Morgan fingerprint density at radius 2 is 1.86 bits per heavy atom. The molecule has 0 saturated carbocycles. The number of carbonyl (C=O) groups excluding carboxylic acids is 1. The minimum Gasteiger partial charge on any atom is -0.454 e. The first-order chi connectivity index (χ1) is 13.3. The quantitative estimate of drug-likeness (QED) is 0.752. The molecule has 0 radical (unpaired) electrons. The van der Waals surface area contributed by atoms with Crippen molar-refractivity contribution in [1.82, 2.24) is 15.1 Å². The maximum Gasteiger partial charge on any atom is 0.274 e. The number of ether oxygens (including phenoxy) is 2. The van der Waals surface area contributed by atoms with E-state index < -0.39 is 5.54 Å². The molecule has 1 aliphatic rings. The van der Waals surface area contributed by atoms with E-state index in [2.05, 4.69) is 10.4 Å². The van der Waals surface area contributed by atoms with E-state index in [9.17, 15) is 9.59 Å². The Labute approximate surface area is 161 Å². The monoisotopic (exact) mass is 379 g/mol. The summed E-state index contributed by atoms with van der Waals surface area (Å²) < 4.78 is 12.0. The summed E-state index contributed by atoms with van der Waals surface area (Å²) in [4.78, 5) is 25.0. The number of benzene rings is 2. The fraction of sp³-hybridized carbons (Fsp3) is 0.286. The van der Waals surface area contributed by atoms with Crippen LogP contribution in [0.2, 0.25) is 0 Å². The van der Waals surface area contributed by atoms with Gasteiger partial charge in [-0.05, 0) is 37.6 Å². The lowest BCUT2D eigenvalue weighted by Crippen LogP contribution is -2.42. The van der Waals surface area contributed by atoms with Gasteiger partial charge < -0.3 is 14.8 Å². The van der Waals surface area contributed by atoms with Crippen molar-refractivity contribution in [3.8, 4) is 11.5 Å². The van der Waals surface area contributed by atoms with Gasteiger partial charge in [-0.15, -0.1) is 0 Å². The average molecular weight is 379 g/mol. The van der Waals surface area contributed by atoms with Gasteiger partial charge in [0.05, 0.1) is 23.0 Å². The first-order valence-electron chi connectivity index (χ1n) is 9.01. The summed E-state index contributed by atoms with van der Waals surface area (Å²) in [6.07, 6.45) is 0.0720. The van der Waals surface area contributed by atoms with E-state index in [1.165, 1.54) is 4.68 Å². The van der Waals surface area contributed by atoms with Gasteiger partial charge in [0.25, 0.3) is 5.56 Å². The predicted molar refractivity (Wildman–Crippen MR) is 104 cm³/mol. The van der Waals surface area contributed by atoms with Crippen LogP contribution in [0, 0.1) is 0 Å². The van der Waals surface area contributed by atoms with Crippen LogP contribution in [0.1, 0.15) is 25.1 Å². The SMILES string of the molecule is Cn1nc(CC(=O)NC(C)(C)c2ccc3c(c2)OCO3)c2ccccc2c1=O. The molecule has 0 fully saturated rings. The van der Waals surface area contributed by atoms with Gasteiger partial charge in [-0.25, -0.2) is 4.68 Å². The predicted octanol–water partition coefficient (Wildman–Crippen LogP) is 2.26. The first kappa shape index (κ1) is 18.0. The summed E-state index contributed by atoms with van der Waals surface area (Å²) in [6.45, 7) is 4.06. The molecule has 1 N–H and O–H groups in total. The summed E-state index contributed by atoms with van der Waals surface area (Å²) in [5.41, 5.74) is 0.676. The first-order valence-corrected chi connectivity index (χ1v) is 9.01. The van der Waals surface area contributed by atoms with Crippen LogP contribution in [-0.2, 0) is 23.8 Å². The molecule has 0 saturated heterocycles. The fourth-order valence-corrected chi connectivity index (χ4v) is 3.41. The summed E-state index contributed by atoms with van der Waals surface area (Å²) in [7, 11) is 1.59. The van der Waals surface area contributed by atoms with Gasteiger partial charge in [-0.2, -0.15) is 5.10 Å². The molecule has 3 aromatic rings. The highest BCUT2D eigenvalue weighted by atomic mass is 16.7. The van der Waals surface area contributed by atoms with Crippen molar-refractivity contribution in [2.75, 3.05) is 6.79 Å². The van der Waals surface area contributed by atoms with Crippen LogP contribution in [0.15, 0.2) is 47.3 Å². The van der Waals surface area contributed by atoms with Crippen molar-refractivity contribution in [3.63, 3.8) is 0 Å². The number of amides is 1. The van der Waals surface area contributed by atoms with E-state index in [1.54, 1.807) is 19.2 Å². The standard InChI is InChI=1S/C21H21N3O4/c1-21(2,13-8-9-17-18(10-13)28-12-27-17)22-19(25)11-16-14-6-4-5-7-15(14)20(26)24(3)23-16/h4-10H,11-12H2,1-3H3,(H,22,25). The van der Waals surface area contributed by atoms with Gasteiger partial charge in [-0.3, -0.25) is 9.59 Å². The molecule has 7 nitrogen and oxygen atoms in total. The lowest BCUT2D eigenvalue weighted by molar-refractivity contribution is -0.122. The van der Waals surface area contributed by atoms with Gasteiger partial charge in [0.1, 0.15) is 0 Å². The molecule has 0 aliphatic carbocycles. The minimum absolute atomic E-state index is 0.0720. The van der Waals surface area contributed by atoms with Gasteiger partial charge in [-0.1, -0.05) is 24.3 Å². The number of fused-ring (bicyclic) bond motifs is 2. The molecule has 1 aliphatic heterocycles. The largest absolute Gasteiger partial charge is 0.454 e. The maximum absolute atomic E-state index is 12.8. The third-order valence-corrected chi connectivity index (χ3v) is 4.91. The number of aromatic nitrogens is 2. The van der Waals surface area contributed by atoms with E-state index in [0.717, 1.165) is 5.56 Å². The van der Waals surface area contributed by atoms with Crippen LogP contribution in [0.25, 0.3) is 10.8 Å². The van der Waals surface area contributed by atoms with Crippen LogP contribution in [0.4, 0.5) is 0 Å². The highest BCUT2D eigenvalue weighted by molar-refractivity contribution is 5.88. The number of aryl methyl sites for hydroxylation is 1. The molecule has 0 bridgehead atoms. The normalized spacial score (nSPS) is 13.0. The highest BCUT2D eigenvalue weighted by Gasteiger charge is 2.26. The lowest BCUT2D eigenvalue weighted by Gasteiger charge is -2.27. The Balaban J connectivity index is 1.58. The second kappa shape index (κ2) is 6.67. The summed E-state index contributed by atoms with van der Waals surface area (Å²) in [6, 6.07) is 12.8. The Morgan fingerprint density at radius 1 is 1.14 bits per heavy atom. The third kappa shape index (κ3) is 3.19. The zero-order valence-electron chi connectivity index (χ0n) is 16.0. The summed E-state index contributed by atoms with van der Waals surface area (Å²) in [5.74, 6) is 1.19. The molecule has 1 aromatic heterocycles. The number of hydrogen-bond acceptors (Lipinski definition) is 5. The molecule has 7 heteroatoms. The van der Waals surface area contributed by atoms with E-state index in [-0.39, 0.29) is 24.7 Å². The zero-order valence-corrected chi connectivity index (χ0v) is 16.0. The van der Waals surface area contributed by atoms with Crippen LogP contribution < -0.4 is 20.3 Å². The Kier molecular flexibility index (Phi) is 4.30. The topological polar surface area (TPSA) is 82.5 Å². The molecule has 28 heavy (non-hydrogen) atoms. The van der Waals surface area contributed by atoms with Crippen molar-refractivity contribution in [2.45, 2.75) is 25.8 Å². The summed E-state index contributed by atoms with van der Waals surface area (Å²) >= 11 is 0. The maximum atomic E-state index is 12.8. The van der Waals surface area contributed by atoms with Crippen LogP contribution in [0.5, 0.6) is 11.5 Å². The van der Waals surface area contributed by atoms with Crippen LogP contribution in [-0.4, -0.2) is 22.5 Å². The van der Waals surface area contributed by atoms with E-state index in [4.69, 9.17) is 9.47 Å². The molecule has 4 rings (SSSR count). The molecule has 0 spiro atoms. The van der Waals surface area contributed by atoms with Gasteiger partial charge in [0, 0.05) is 12.4 Å². The highest BCUT2D eigenvalue weighted by Crippen LogP contribution is 2.35. The van der Waals surface area contributed by atoms with Gasteiger partial charge in [0.2, 0.25) is 12.7 Å². The number of nitrogens with zero attached hydrogens (tertiary/aromatic N) is 2. The molecule has 0 atom stereocenters. The van der Waals surface area contributed by atoms with Gasteiger partial charge in [0.15, 0.2) is 11.5 Å². The minimum atomic E-state index is -0.617. The second-order valence-electron chi connectivity index (χ2n) is 7.34. The Hall–Kier alpha value is -3.35. The molecular formula is C21H21N3O4. The van der Waals surface area contributed by atoms with Crippen molar-refractivity contribution in [2.24, 2.45) is 7.05 Å². The molecule has 2 aromatic carbocycles. The van der Waals surface area contributed by atoms with Crippen molar-refractivity contribution in [3.05, 3.63) is 64.1 Å². The zero-order chi connectivity index (χ0) is 19.9. The Morgan fingerprint density at radius 3 is 2.64 bits per heavy atom. The third-order valence-electron chi connectivity index (χ3n) is 4.91. The van der Waals surface area contributed by atoms with Gasteiger partial charge >= 0.3 is 0 Å². The summed E-state index contributed by atoms with van der Waals surface area (Å²) in [5, 5.41) is 8.60. The van der Waals surface area contributed by atoms with E-state index in [1.807, 2.05) is 44.2 Å². The number of carbonyl (C=O) groups is 1.